The van der Waals surface area contributed by atoms with Gasteiger partial charge in [-0.1, -0.05) is 12.5 Å². The molecule has 3 nitrogen and oxygen atoms in total. The summed E-state index contributed by atoms with van der Waals surface area (Å²) in [5.74, 6) is 0.597. The maximum atomic E-state index is 5.52. The van der Waals surface area contributed by atoms with Crippen molar-refractivity contribution in [1.82, 2.24) is 10.3 Å². The molecule has 0 spiro atoms. The van der Waals surface area contributed by atoms with Crippen LogP contribution in [0.4, 0.5) is 5.82 Å². The number of aromatic nitrogens is 1. The number of pyridine rings is 1. The molecule has 0 amide bonds. The molecular formula is C10H15N3. The first kappa shape index (κ1) is 8.51. The Hall–Kier alpha value is -1.09. The van der Waals surface area contributed by atoms with Gasteiger partial charge in [-0.3, -0.25) is 0 Å². The monoisotopic (exact) mass is 177 g/mol. The van der Waals surface area contributed by atoms with Crippen molar-refractivity contribution in [3.63, 3.8) is 0 Å². The molecule has 2 heterocycles. The molecular weight excluding hydrogens is 162 g/mol. The fraction of sp³-hybridized carbons (Fsp3) is 0.500. The lowest BCUT2D eigenvalue weighted by Crippen LogP contribution is -2.26. The van der Waals surface area contributed by atoms with Crippen molar-refractivity contribution < 1.29 is 0 Å². The summed E-state index contributed by atoms with van der Waals surface area (Å²) in [7, 11) is 0. The second kappa shape index (κ2) is 3.75. The number of piperidine rings is 1. The first-order valence-electron chi connectivity index (χ1n) is 4.81. The van der Waals surface area contributed by atoms with E-state index in [1.54, 1.807) is 0 Å². The Bertz CT molecular complexity index is 262. The highest BCUT2D eigenvalue weighted by molar-refractivity contribution is 5.30. The minimum Gasteiger partial charge on any atom is -0.384 e. The van der Waals surface area contributed by atoms with Crippen molar-refractivity contribution in [2.75, 3.05) is 12.3 Å². The number of rotatable bonds is 1. The summed E-state index contributed by atoms with van der Waals surface area (Å²) in [5, 5.41) is 3.47. The van der Waals surface area contributed by atoms with Crippen LogP contribution in [-0.4, -0.2) is 11.5 Å². The third-order valence-corrected chi connectivity index (χ3v) is 2.52. The molecule has 2 rings (SSSR count). The molecule has 70 valence electrons. The van der Waals surface area contributed by atoms with Crippen LogP contribution >= 0.6 is 0 Å². The van der Waals surface area contributed by atoms with Crippen molar-refractivity contribution in [3.8, 4) is 0 Å². The number of hydrogen-bond acceptors (Lipinski definition) is 3. The van der Waals surface area contributed by atoms with Crippen LogP contribution in [0.5, 0.6) is 0 Å². The van der Waals surface area contributed by atoms with Gasteiger partial charge in [0.25, 0.3) is 0 Å². The molecule has 1 aromatic heterocycles. The Balaban J connectivity index is 2.10. The number of nitrogen functional groups attached to an aromatic ring is 1. The summed E-state index contributed by atoms with van der Waals surface area (Å²) in [4.78, 5) is 4.09. The lowest BCUT2D eigenvalue weighted by atomic mass is 9.99. The van der Waals surface area contributed by atoms with E-state index in [1.807, 2.05) is 12.3 Å². The van der Waals surface area contributed by atoms with E-state index in [-0.39, 0.29) is 0 Å². The molecule has 0 saturated carbocycles. The Kier molecular flexibility index (Phi) is 2.45. The van der Waals surface area contributed by atoms with Crippen LogP contribution in [0.25, 0.3) is 0 Å². The fourth-order valence-corrected chi connectivity index (χ4v) is 1.76. The van der Waals surface area contributed by atoms with Crippen molar-refractivity contribution in [2.45, 2.75) is 25.3 Å². The van der Waals surface area contributed by atoms with E-state index < -0.39 is 0 Å². The minimum absolute atomic E-state index is 0.488. The maximum absolute atomic E-state index is 5.52. The molecule has 3 N–H and O–H groups in total. The molecule has 3 heteroatoms. The highest BCUT2D eigenvalue weighted by atomic mass is 14.9. The zero-order valence-electron chi connectivity index (χ0n) is 7.66. The van der Waals surface area contributed by atoms with Crippen molar-refractivity contribution in [2.24, 2.45) is 0 Å². The number of nitrogens with one attached hydrogen (secondary N) is 1. The first-order chi connectivity index (χ1) is 6.36. The van der Waals surface area contributed by atoms with E-state index in [1.165, 1.54) is 24.8 Å². The van der Waals surface area contributed by atoms with Gasteiger partial charge in [-0.25, -0.2) is 4.98 Å². The quantitative estimate of drug-likeness (QED) is 0.683. The largest absolute Gasteiger partial charge is 0.384 e. The standard InChI is InChI=1S/C10H15N3/c11-10-5-4-8(7-13-10)9-3-1-2-6-12-9/h4-5,7,9,12H,1-3,6H2,(H2,11,13). The second-order valence-corrected chi connectivity index (χ2v) is 3.52. The molecule has 1 aromatic rings. The van der Waals surface area contributed by atoms with Gasteiger partial charge in [0.1, 0.15) is 5.82 Å². The normalized spacial score (nSPS) is 22.9. The lowest BCUT2D eigenvalue weighted by Gasteiger charge is -2.23. The van der Waals surface area contributed by atoms with E-state index in [4.69, 9.17) is 5.73 Å². The summed E-state index contributed by atoms with van der Waals surface area (Å²) >= 11 is 0. The molecule has 1 saturated heterocycles. The van der Waals surface area contributed by atoms with Crippen molar-refractivity contribution in [1.29, 1.82) is 0 Å². The van der Waals surface area contributed by atoms with Crippen LogP contribution < -0.4 is 11.1 Å². The van der Waals surface area contributed by atoms with Gasteiger partial charge in [0, 0.05) is 12.2 Å². The Morgan fingerprint density at radius 1 is 1.38 bits per heavy atom. The third kappa shape index (κ3) is 1.98. The average molecular weight is 177 g/mol. The van der Waals surface area contributed by atoms with Gasteiger partial charge in [0.05, 0.1) is 0 Å². The van der Waals surface area contributed by atoms with Crippen molar-refractivity contribution >= 4 is 5.82 Å². The van der Waals surface area contributed by atoms with Gasteiger partial charge >= 0.3 is 0 Å². The Labute approximate surface area is 78.4 Å². The van der Waals surface area contributed by atoms with Crippen LogP contribution in [0.2, 0.25) is 0 Å². The molecule has 13 heavy (non-hydrogen) atoms. The molecule has 0 radical (unpaired) electrons. The van der Waals surface area contributed by atoms with Crippen LogP contribution in [0.3, 0.4) is 0 Å². The second-order valence-electron chi connectivity index (χ2n) is 3.52. The smallest absolute Gasteiger partial charge is 0.123 e. The summed E-state index contributed by atoms with van der Waals surface area (Å²) in [5.41, 5.74) is 6.78. The Morgan fingerprint density at radius 3 is 2.92 bits per heavy atom. The third-order valence-electron chi connectivity index (χ3n) is 2.52. The highest BCUT2D eigenvalue weighted by Crippen LogP contribution is 2.22. The van der Waals surface area contributed by atoms with Gasteiger partial charge in [0.2, 0.25) is 0 Å². The number of hydrogen-bond donors (Lipinski definition) is 2. The van der Waals surface area contributed by atoms with Gasteiger partial charge in [-0.2, -0.15) is 0 Å². The first-order valence-corrected chi connectivity index (χ1v) is 4.81. The topological polar surface area (TPSA) is 50.9 Å². The van der Waals surface area contributed by atoms with Crippen LogP contribution in [0, 0.1) is 0 Å². The SMILES string of the molecule is Nc1ccc(C2CCCCN2)cn1. The van der Waals surface area contributed by atoms with Gasteiger partial charge in [-0.05, 0) is 31.0 Å². The fourth-order valence-electron chi connectivity index (χ4n) is 1.76. The Morgan fingerprint density at radius 2 is 2.31 bits per heavy atom. The minimum atomic E-state index is 0.488. The maximum Gasteiger partial charge on any atom is 0.123 e. The lowest BCUT2D eigenvalue weighted by molar-refractivity contribution is 0.411. The van der Waals surface area contributed by atoms with Gasteiger partial charge in [-0.15, -0.1) is 0 Å². The summed E-state index contributed by atoms with van der Waals surface area (Å²) < 4.78 is 0. The van der Waals surface area contributed by atoms with Gasteiger partial charge < -0.3 is 11.1 Å². The van der Waals surface area contributed by atoms with Crippen LogP contribution in [-0.2, 0) is 0 Å². The predicted molar refractivity (Wildman–Crippen MR) is 53.2 cm³/mol. The van der Waals surface area contributed by atoms with E-state index in [0.717, 1.165) is 6.54 Å². The molecule has 1 fully saturated rings. The summed E-state index contributed by atoms with van der Waals surface area (Å²) in [6.45, 7) is 1.12. The molecule has 0 bridgehead atoms. The molecule has 0 aromatic carbocycles. The van der Waals surface area contributed by atoms with Crippen LogP contribution in [0.15, 0.2) is 18.3 Å². The van der Waals surface area contributed by atoms with Crippen molar-refractivity contribution in [3.05, 3.63) is 23.9 Å². The predicted octanol–water partition coefficient (Wildman–Crippen LogP) is 1.48. The zero-order chi connectivity index (χ0) is 9.10. The molecule has 1 atom stereocenters. The summed E-state index contributed by atoms with van der Waals surface area (Å²) in [6, 6.07) is 4.42. The molecule has 1 aliphatic heterocycles. The average Bonchev–Trinajstić information content (AvgIpc) is 2.20. The zero-order valence-corrected chi connectivity index (χ0v) is 7.66. The molecule has 0 aliphatic carbocycles. The number of nitrogens with two attached hydrogens (primary N) is 1. The number of nitrogens with zero attached hydrogens (tertiary/aromatic N) is 1. The highest BCUT2D eigenvalue weighted by Gasteiger charge is 2.14. The van der Waals surface area contributed by atoms with E-state index in [0.29, 0.717) is 11.9 Å². The molecule has 1 aliphatic rings. The summed E-state index contributed by atoms with van der Waals surface area (Å²) in [6.07, 6.45) is 5.69. The van der Waals surface area contributed by atoms with Crippen LogP contribution in [0.1, 0.15) is 30.9 Å². The number of anilines is 1. The van der Waals surface area contributed by atoms with E-state index in [9.17, 15) is 0 Å². The molecule has 1 unspecified atom stereocenters. The van der Waals surface area contributed by atoms with Gasteiger partial charge in [0.15, 0.2) is 0 Å². The van der Waals surface area contributed by atoms with E-state index in [2.05, 4.69) is 16.4 Å². The van der Waals surface area contributed by atoms with E-state index >= 15 is 0 Å².